The fraction of sp³-hybridized carbons (Fsp3) is 0.909. The lowest BCUT2D eigenvalue weighted by atomic mass is 9.86. The Morgan fingerprint density at radius 2 is 1.87 bits per heavy atom. The van der Waals surface area contributed by atoms with Crippen LogP contribution in [0.15, 0.2) is 0 Å². The normalized spacial score (nSPS) is 26.0. The van der Waals surface area contributed by atoms with Crippen LogP contribution in [0.3, 0.4) is 0 Å². The van der Waals surface area contributed by atoms with Gasteiger partial charge in [0.25, 0.3) is 0 Å². The van der Waals surface area contributed by atoms with Crippen molar-refractivity contribution in [2.45, 2.75) is 51.3 Å². The van der Waals surface area contributed by atoms with E-state index in [1.54, 1.807) is 0 Å². The van der Waals surface area contributed by atoms with Gasteiger partial charge in [0, 0.05) is 12.1 Å². The molecule has 0 bridgehead atoms. The highest BCUT2D eigenvalue weighted by atomic mass is 16.6. The van der Waals surface area contributed by atoms with Gasteiger partial charge >= 0.3 is 6.09 Å². The van der Waals surface area contributed by atoms with Crippen molar-refractivity contribution in [3.63, 3.8) is 0 Å². The average Bonchev–Trinajstić information content (AvgIpc) is 1.91. The van der Waals surface area contributed by atoms with Crippen LogP contribution in [0.1, 0.15) is 33.6 Å². The molecule has 0 heterocycles. The SMILES string of the molecule is CN(C)C1CC(NC(=O)OC(C)(C)C)C1. The summed E-state index contributed by atoms with van der Waals surface area (Å²) >= 11 is 0. The van der Waals surface area contributed by atoms with E-state index in [0.29, 0.717) is 6.04 Å². The fourth-order valence-electron chi connectivity index (χ4n) is 1.60. The zero-order valence-corrected chi connectivity index (χ0v) is 10.3. The third-order valence-electron chi connectivity index (χ3n) is 2.56. The summed E-state index contributed by atoms with van der Waals surface area (Å²) in [5.74, 6) is 0. The molecule has 1 aliphatic carbocycles. The van der Waals surface area contributed by atoms with E-state index in [-0.39, 0.29) is 12.1 Å². The van der Waals surface area contributed by atoms with Gasteiger partial charge in [0.2, 0.25) is 0 Å². The maximum atomic E-state index is 11.4. The van der Waals surface area contributed by atoms with Crippen LogP contribution in [0.4, 0.5) is 4.79 Å². The van der Waals surface area contributed by atoms with Crippen molar-refractivity contribution in [3.8, 4) is 0 Å². The van der Waals surface area contributed by atoms with E-state index < -0.39 is 5.60 Å². The molecule has 0 aromatic carbocycles. The molecule has 1 fully saturated rings. The lowest BCUT2D eigenvalue weighted by molar-refractivity contribution is 0.0430. The largest absolute Gasteiger partial charge is 0.444 e. The van der Waals surface area contributed by atoms with Crippen LogP contribution in [0.5, 0.6) is 0 Å². The molecule has 0 radical (unpaired) electrons. The minimum Gasteiger partial charge on any atom is -0.444 e. The maximum Gasteiger partial charge on any atom is 0.407 e. The first-order valence-electron chi connectivity index (χ1n) is 5.44. The zero-order chi connectivity index (χ0) is 11.6. The van der Waals surface area contributed by atoms with E-state index in [1.807, 2.05) is 20.8 Å². The Morgan fingerprint density at radius 1 is 1.33 bits per heavy atom. The Labute approximate surface area is 92.0 Å². The van der Waals surface area contributed by atoms with Gasteiger partial charge in [-0.15, -0.1) is 0 Å². The van der Waals surface area contributed by atoms with Gasteiger partial charge in [0.15, 0.2) is 0 Å². The van der Waals surface area contributed by atoms with Crippen molar-refractivity contribution in [2.75, 3.05) is 14.1 Å². The molecule has 1 aliphatic rings. The lowest BCUT2D eigenvalue weighted by Crippen LogP contribution is -2.52. The summed E-state index contributed by atoms with van der Waals surface area (Å²) in [6, 6.07) is 0.886. The van der Waals surface area contributed by atoms with Crippen molar-refractivity contribution < 1.29 is 9.53 Å². The Bertz CT molecular complexity index is 227. The standard InChI is InChI=1S/C11H22N2O2/c1-11(2,3)15-10(14)12-8-6-9(7-8)13(4)5/h8-9H,6-7H2,1-5H3,(H,12,14). The monoisotopic (exact) mass is 214 g/mol. The number of ether oxygens (including phenoxy) is 1. The van der Waals surface area contributed by atoms with E-state index in [1.165, 1.54) is 0 Å². The van der Waals surface area contributed by atoms with Crippen LogP contribution in [0, 0.1) is 0 Å². The highest BCUT2D eigenvalue weighted by Crippen LogP contribution is 2.23. The number of nitrogens with zero attached hydrogens (tertiary/aromatic N) is 1. The van der Waals surface area contributed by atoms with Gasteiger partial charge in [-0.25, -0.2) is 4.79 Å². The second kappa shape index (κ2) is 4.39. The number of hydrogen-bond donors (Lipinski definition) is 1. The third-order valence-corrected chi connectivity index (χ3v) is 2.56. The minimum atomic E-state index is -0.408. The smallest absolute Gasteiger partial charge is 0.407 e. The summed E-state index contributed by atoms with van der Waals surface area (Å²) in [5, 5.41) is 2.87. The zero-order valence-electron chi connectivity index (χ0n) is 10.3. The topological polar surface area (TPSA) is 41.6 Å². The number of hydrogen-bond acceptors (Lipinski definition) is 3. The highest BCUT2D eigenvalue weighted by Gasteiger charge is 2.32. The molecule has 4 nitrogen and oxygen atoms in total. The van der Waals surface area contributed by atoms with Crippen LogP contribution in [0.25, 0.3) is 0 Å². The summed E-state index contributed by atoms with van der Waals surface area (Å²) in [6.45, 7) is 5.61. The van der Waals surface area contributed by atoms with Crippen molar-refractivity contribution in [1.29, 1.82) is 0 Å². The molecule has 88 valence electrons. The molecule has 0 aromatic heterocycles. The van der Waals surface area contributed by atoms with Crippen molar-refractivity contribution >= 4 is 6.09 Å². The predicted octanol–water partition coefficient (Wildman–Crippen LogP) is 1.60. The molecule has 0 aliphatic heterocycles. The Hall–Kier alpha value is -0.770. The first-order chi connectivity index (χ1) is 6.78. The van der Waals surface area contributed by atoms with E-state index in [0.717, 1.165) is 12.8 Å². The average molecular weight is 214 g/mol. The molecular weight excluding hydrogens is 192 g/mol. The molecule has 0 aromatic rings. The second-order valence-corrected chi connectivity index (χ2v) is 5.43. The number of nitrogens with one attached hydrogen (secondary N) is 1. The van der Waals surface area contributed by atoms with Gasteiger partial charge in [-0.2, -0.15) is 0 Å². The Kier molecular flexibility index (Phi) is 3.60. The Morgan fingerprint density at radius 3 is 2.27 bits per heavy atom. The molecule has 0 atom stereocenters. The van der Waals surface area contributed by atoms with Gasteiger partial charge in [-0.1, -0.05) is 0 Å². The summed E-state index contributed by atoms with van der Waals surface area (Å²) < 4.78 is 5.18. The minimum absolute atomic E-state index is 0.284. The summed E-state index contributed by atoms with van der Waals surface area (Å²) in [7, 11) is 4.13. The van der Waals surface area contributed by atoms with E-state index in [4.69, 9.17) is 4.74 Å². The van der Waals surface area contributed by atoms with E-state index >= 15 is 0 Å². The predicted molar refractivity (Wildman–Crippen MR) is 59.9 cm³/mol. The molecular formula is C11H22N2O2. The maximum absolute atomic E-state index is 11.4. The molecule has 4 heteroatoms. The third kappa shape index (κ3) is 4.08. The fourth-order valence-corrected chi connectivity index (χ4v) is 1.60. The second-order valence-electron chi connectivity index (χ2n) is 5.43. The van der Waals surface area contributed by atoms with Crippen LogP contribution in [0.2, 0.25) is 0 Å². The number of rotatable bonds is 2. The van der Waals surface area contributed by atoms with Crippen molar-refractivity contribution in [1.82, 2.24) is 10.2 Å². The van der Waals surface area contributed by atoms with Gasteiger partial charge in [-0.3, -0.25) is 0 Å². The van der Waals surface area contributed by atoms with E-state index in [2.05, 4.69) is 24.3 Å². The molecule has 15 heavy (non-hydrogen) atoms. The van der Waals surface area contributed by atoms with Crippen molar-refractivity contribution in [3.05, 3.63) is 0 Å². The van der Waals surface area contributed by atoms with Gasteiger partial charge in [0.1, 0.15) is 5.60 Å². The molecule has 0 spiro atoms. The van der Waals surface area contributed by atoms with Gasteiger partial charge in [0.05, 0.1) is 0 Å². The lowest BCUT2D eigenvalue weighted by Gasteiger charge is -2.39. The van der Waals surface area contributed by atoms with Gasteiger partial charge in [-0.05, 0) is 47.7 Å². The molecule has 1 N–H and O–H groups in total. The van der Waals surface area contributed by atoms with Crippen LogP contribution >= 0.6 is 0 Å². The first-order valence-corrected chi connectivity index (χ1v) is 5.44. The number of amides is 1. The highest BCUT2D eigenvalue weighted by molar-refractivity contribution is 5.68. The summed E-state index contributed by atoms with van der Waals surface area (Å²) in [6.07, 6.45) is 1.74. The molecule has 0 unspecified atom stereocenters. The van der Waals surface area contributed by atoms with Crippen LogP contribution < -0.4 is 5.32 Å². The van der Waals surface area contributed by atoms with Crippen LogP contribution in [-0.4, -0.2) is 42.8 Å². The number of carbonyl (C=O) groups excluding carboxylic acids is 1. The quantitative estimate of drug-likeness (QED) is 0.759. The van der Waals surface area contributed by atoms with Gasteiger partial charge < -0.3 is 15.0 Å². The molecule has 1 saturated carbocycles. The molecule has 1 rings (SSSR count). The molecule has 0 saturated heterocycles. The molecule has 1 amide bonds. The van der Waals surface area contributed by atoms with Crippen molar-refractivity contribution in [2.24, 2.45) is 0 Å². The first kappa shape index (κ1) is 12.3. The summed E-state index contributed by atoms with van der Waals surface area (Å²) in [5.41, 5.74) is -0.408. The number of alkyl carbamates (subject to hydrolysis) is 1. The van der Waals surface area contributed by atoms with Crippen LogP contribution in [-0.2, 0) is 4.74 Å². The van der Waals surface area contributed by atoms with E-state index in [9.17, 15) is 4.79 Å². The number of carbonyl (C=O) groups is 1. The summed E-state index contributed by atoms with van der Waals surface area (Å²) in [4.78, 5) is 13.6. The Balaban J connectivity index is 2.19.